The third-order valence-electron chi connectivity index (χ3n) is 4.95. The first-order valence-electron chi connectivity index (χ1n) is 7.46. The molecule has 2 aliphatic rings. The van der Waals surface area contributed by atoms with Gasteiger partial charge in [0, 0.05) is 38.4 Å². The summed E-state index contributed by atoms with van der Waals surface area (Å²) in [7, 11) is 4.10. The van der Waals surface area contributed by atoms with Crippen LogP contribution in [0.2, 0.25) is 0 Å². The van der Waals surface area contributed by atoms with Crippen LogP contribution >= 0.6 is 0 Å². The Balaban J connectivity index is 1.74. The molecule has 2 unspecified atom stereocenters. The van der Waals surface area contributed by atoms with Gasteiger partial charge in [-0.3, -0.25) is 0 Å². The minimum atomic E-state index is 0.346. The van der Waals surface area contributed by atoms with Crippen LogP contribution < -0.4 is 5.32 Å². The van der Waals surface area contributed by atoms with Crippen LogP contribution in [0.4, 0.5) is 0 Å². The van der Waals surface area contributed by atoms with E-state index in [1.807, 2.05) is 0 Å². The molecule has 3 nitrogen and oxygen atoms in total. The molecule has 2 saturated heterocycles. The van der Waals surface area contributed by atoms with Gasteiger partial charge in [-0.25, -0.2) is 0 Å². The maximum Gasteiger partial charge on any atom is 0.0467 e. The van der Waals surface area contributed by atoms with Gasteiger partial charge in [-0.2, -0.15) is 0 Å². The first-order chi connectivity index (χ1) is 8.52. The summed E-state index contributed by atoms with van der Waals surface area (Å²) in [5.41, 5.74) is 0.346. The Bertz CT molecular complexity index is 253. The molecule has 0 spiro atoms. The molecule has 3 heteroatoms. The summed E-state index contributed by atoms with van der Waals surface area (Å²) < 4.78 is 5.19. The van der Waals surface area contributed by atoms with Crippen molar-refractivity contribution in [1.82, 2.24) is 10.2 Å². The number of nitrogens with one attached hydrogen (secondary N) is 1. The van der Waals surface area contributed by atoms with Crippen molar-refractivity contribution < 1.29 is 4.74 Å². The highest BCUT2D eigenvalue weighted by Gasteiger charge is 2.38. The number of ether oxygens (including phenoxy) is 1. The first-order valence-corrected chi connectivity index (χ1v) is 7.46. The molecule has 2 heterocycles. The van der Waals surface area contributed by atoms with E-state index in [1.165, 1.54) is 25.7 Å². The molecule has 0 aromatic heterocycles. The predicted octanol–water partition coefficient (Wildman–Crippen LogP) is 2.26. The molecule has 2 aliphatic heterocycles. The number of piperidine rings is 1. The van der Waals surface area contributed by atoms with Gasteiger partial charge in [0.25, 0.3) is 0 Å². The zero-order valence-corrected chi connectivity index (χ0v) is 12.5. The molecule has 0 aliphatic carbocycles. The van der Waals surface area contributed by atoms with Crippen LogP contribution in [-0.4, -0.2) is 50.3 Å². The number of hydrogen-bond donors (Lipinski definition) is 1. The molecule has 2 atom stereocenters. The quantitative estimate of drug-likeness (QED) is 0.787. The van der Waals surface area contributed by atoms with E-state index in [0.29, 0.717) is 5.41 Å². The second-order valence-electron chi connectivity index (χ2n) is 7.01. The van der Waals surface area contributed by atoms with E-state index in [4.69, 9.17) is 4.74 Å². The van der Waals surface area contributed by atoms with Crippen LogP contribution in [-0.2, 0) is 4.74 Å². The molecule has 0 aromatic rings. The fraction of sp³-hybridized carbons (Fsp3) is 1.00. The highest BCUT2D eigenvalue weighted by Crippen LogP contribution is 2.34. The average Bonchev–Trinajstić information content (AvgIpc) is 2.56. The summed E-state index contributed by atoms with van der Waals surface area (Å²) >= 11 is 0. The third-order valence-corrected chi connectivity index (χ3v) is 4.95. The van der Waals surface area contributed by atoms with Gasteiger partial charge in [0.2, 0.25) is 0 Å². The van der Waals surface area contributed by atoms with Crippen LogP contribution in [0.5, 0.6) is 0 Å². The Hall–Kier alpha value is -0.120. The van der Waals surface area contributed by atoms with Crippen molar-refractivity contribution in [1.29, 1.82) is 0 Å². The molecule has 0 saturated carbocycles. The molecule has 1 N–H and O–H groups in total. The zero-order chi connectivity index (χ0) is 13.2. The lowest BCUT2D eigenvalue weighted by molar-refractivity contribution is 0.127. The molecule has 2 bridgehead atoms. The van der Waals surface area contributed by atoms with Crippen molar-refractivity contribution in [2.75, 3.05) is 27.3 Å². The maximum atomic E-state index is 5.19. The van der Waals surface area contributed by atoms with E-state index in [2.05, 4.69) is 31.1 Å². The number of rotatable bonds is 6. The Morgan fingerprint density at radius 2 is 1.83 bits per heavy atom. The zero-order valence-electron chi connectivity index (χ0n) is 12.5. The standard InChI is InChI=1S/C15H30N2O/c1-15(2,7-8-18-4)11-16-12-9-13-5-6-14(10-12)17(13)3/h12-14,16H,5-11H2,1-4H3. The van der Waals surface area contributed by atoms with Crippen molar-refractivity contribution in [2.45, 2.75) is 64.1 Å². The molecule has 0 amide bonds. The van der Waals surface area contributed by atoms with Gasteiger partial charge in [-0.1, -0.05) is 13.8 Å². The van der Waals surface area contributed by atoms with E-state index < -0.39 is 0 Å². The Kier molecular flexibility index (Phi) is 4.68. The van der Waals surface area contributed by atoms with Gasteiger partial charge >= 0.3 is 0 Å². The lowest BCUT2D eigenvalue weighted by Crippen LogP contribution is -2.49. The molecular formula is C15H30N2O. The molecular weight excluding hydrogens is 224 g/mol. The van der Waals surface area contributed by atoms with E-state index in [1.54, 1.807) is 7.11 Å². The predicted molar refractivity (Wildman–Crippen MR) is 75.9 cm³/mol. The normalized spacial score (nSPS) is 33.0. The SMILES string of the molecule is COCCC(C)(C)CNC1CC2CCC(C1)N2C. The second kappa shape index (κ2) is 5.89. The monoisotopic (exact) mass is 254 g/mol. The van der Waals surface area contributed by atoms with E-state index in [-0.39, 0.29) is 0 Å². The van der Waals surface area contributed by atoms with Crippen LogP contribution in [0.15, 0.2) is 0 Å². The molecule has 18 heavy (non-hydrogen) atoms. The molecule has 0 radical (unpaired) electrons. The number of hydrogen-bond acceptors (Lipinski definition) is 3. The van der Waals surface area contributed by atoms with Crippen LogP contribution in [0.3, 0.4) is 0 Å². The van der Waals surface area contributed by atoms with Gasteiger partial charge in [-0.05, 0) is 44.6 Å². The molecule has 0 aromatic carbocycles. The largest absolute Gasteiger partial charge is 0.385 e. The summed E-state index contributed by atoms with van der Waals surface area (Å²) in [5, 5.41) is 3.81. The van der Waals surface area contributed by atoms with E-state index >= 15 is 0 Å². The molecule has 106 valence electrons. The lowest BCUT2D eigenvalue weighted by Gasteiger charge is -2.38. The third kappa shape index (κ3) is 3.46. The number of fused-ring (bicyclic) bond motifs is 2. The van der Waals surface area contributed by atoms with Crippen molar-refractivity contribution in [3.05, 3.63) is 0 Å². The van der Waals surface area contributed by atoms with Crippen molar-refractivity contribution >= 4 is 0 Å². The summed E-state index contributed by atoms with van der Waals surface area (Å²) in [5.74, 6) is 0. The summed E-state index contributed by atoms with van der Waals surface area (Å²) in [6.45, 7) is 6.66. The van der Waals surface area contributed by atoms with E-state index in [9.17, 15) is 0 Å². The average molecular weight is 254 g/mol. The smallest absolute Gasteiger partial charge is 0.0467 e. The van der Waals surface area contributed by atoms with Crippen LogP contribution in [0.1, 0.15) is 46.0 Å². The van der Waals surface area contributed by atoms with E-state index in [0.717, 1.165) is 37.7 Å². The van der Waals surface area contributed by atoms with Gasteiger partial charge in [0.15, 0.2) is 0 Å². The fourth-order valence-electron chi connectivity index (χ4n) is 3.47. The van der Waals surface area contributed by atoms with Crippen molar-refractivity contribution in [3.8, 4) is 0 Å². The summed E-state index contributed by atoms with van der Waals surface area (Å²) in [6, 6.07) is 2.41. The van der Waals surface area contributed by atoms with Crippen LogP contribution in [0, 0.1) is 5.41 Å². The maximum absolute atomic E-state index is 5.19. The summed E-state index contributed by atoms with van der Waals surface area (Å²) in [4.78, 5) is 2.61. The number of methoxy groups -OCH3 is 1. The van der Waals surface area contributed by atoms with Crippen LogP contribution in [0.25, 0.3) is 0 Å². The van der Waals surface area contributed by atoms with Gasteiger partial charge in [0.1, 0.15) is 0 Å². The highest BCUT2D eigenvalue weighted by atomic mass is 16.5. The Morgan fingerprint density at radius 1 is 1.22 bits per heavy atom. The van der Waals surface area contributed by atoms with Gasteiger partial charge in [0.05, 0.1) is 0 Å². The molecule has 2 rings (SSSR count). The number of nitrogens with zero attached hydrogens (tertiary/aromatic N) is 1. The first kappa shape index (κ1) is 14.3. The van der Waals surface area contributed by atoms with Crippen molar-refractivity contribution in [3.63, 3.8) is 0 Å². The molecule has 2 fully saturated rings. The minimum absolute atomic E-state index is 0.346. The Morgan fingerprint density at radius 3 is 2.39 bits per heavy atom. The minimum Gasteiger partial charge on any atom is -0.385 e. The summed E-state index contributed by atoms with van der Waals surface area (Å²) in [6.07, 6.45) is 6.63. The lowest BCUT2D eigenvalue weighted by atomic mass is 9.88. The second-order valence-corrected chi connectivity index (χ2v) is 7.01. The highest BCUT2D eigenvalue weighted by molar-refractivity contribution is 4.96. The fourth-order valence-corrected chi connectivity index (χ4v) is 3.47. The van der Waals surface area contributed by atoms with Gasteiger partial charge in [-0.15, -0.1) is 0 Å². The topological polar surface area (TPSA) is 24.5 Å². The Labute approximate surface area is 112 Å². The van der Waals surface area contributed by atoms with Gasteiger partial charge < -0.3 is 15.0 Å². The van der Waals surface area contributed by atoms with Crippen molar-refractivity contribution in [2.24, 2.45) is 5.41 Å².